The summed E-state index contributed by atoms with van der Waals surface area (Å²) < 4.78 is 0. The monoisotopic (exact) mass is 231 g/mol. The maximum Gasteiger partial charge on any atom is 0.0572 e. The first kappa shape index (κ1) is 11.2. The zero-order valence-electron chi connectivity index (χ0n) is 10.7. The number of hydrogen-bond acceptors (Lipinski definition) is 3. The molecule has 3 aliphatic heterocycles. The van der Waals surface area contributed by atoms with Gasteiger partial charge in [-0.3, -0.25) is 9.88 Å². The van der Waals surface area contributed by atoms with Crippen molar-refractivity contribution >= 4 is 0 Å². The summed E-state index contributed by atoms with van der Waals surface area (Å²) in [5, 5.41) is 0. The molecule has 3 fully saturated rings. The minimum absolute atomic E-state index is 0.456. The van der Waals surface area contributed by atoms with Crippen molar-refractivity contribution in [2.24, 2.45) is 0 Å². The number of likely N-dealkylation sites (N-methyl/N-ethyl adjacent to an activating group) is 1. The van der Waals surface area contributed by atoms with Crippen LogP contribution in [-0.4, -0.2) is 47.0 Å². The molecule has 0 aliphatic carbocycles. The molecule has 92 valence electrons. The zero-order valence-corrected chi connectivity index (χ0v) is 10.7. The maximum atomic E-state index is 4.50. The molecular formula is C14H21N3. The van der Waals surface area contributed by atoms with Gasteiger partial charge in [-0.05, 0) is 38.9 Å². The largest absolute Gasteiger partial charge is 0.301 e. The summed E-state index contributed by atoms with van der Waals surface area (Å²) in [6.45, 7) is 4.73. The molecule has 4 heterocycles. The second kappa shape index (κ2) is 4.39. The fraction of sp³-hybridized carbons (Fsp3) is 0.643. The molecule has 0 saturated carbocycles. The Kier molecular flexibility index (Phi) is 2.89. The van der Waals surface area contributed by atoms with Crippen LogP contribution in [0.25, 0.3) is 0 Å². The summed E-state index contributed by atoms with van der Waals surface area (Å²) >= 11 is 0. The quantitative estimate of drug-likeness (QED) is 0.775. The molecule has 2 bridgehead atoms. The van der Waals surface area contributed by atoms with E-state index in [1.165, 1.54) is 31.6 Å². The molecule has 0 spiro atoms. The van der Waals surface area contributed by atoms with E-state index in [-0.39, 0.29) is 0 Å². The third-order valence-corrected chi connectivity index (χ3v) is 4.46. The Morgan fingerprint density at radius 3 is 2.65 bits per heavy atom. The molecule has 4 rings (SSSR count). The van der Waals surface area contributed by atoms with Crippen LogP contribution in [-0.2, 0) is 0 Å². The number of hydrogen-bond donors (Lipinski definition) is 0. The van der Waals surface area contributed by atoms with Crippen molar-refractivity contribution in [2.75, 3.05) is 20.1 Å². The fourth-order valence-electron chi connectivity index (χ4n) is 3.34. The van der Waals surface area contributed by atoms with Crippen molar-refractivity contribution in [1.29, 1.82) is 0 Å². The summed E-state index contributed by atoms with van der Waals surface area (Å²) in [6.07, 6.45) is 4.62. The van der Waals surface area contributed by atoms with Crippen LogP contribution in [0.15, 0.2) is 24.4 Å². The standard InChI is InChI=1S/C14H21N3/c1-11(14-5-3-4-8-15-14)17-10-12-6-7-13(17)9-16(12)2/h3-5,8,11-13H,6-7,9-10H2,1-2H3/t11-,12?,13?/m1/s1. The van der Waals surface area contributed by atoms with Gasteiger partial charge in [-0.2, -0.15) is 0 Å². The molecule has 3 aliphatic rings. The van der Waals surface area contributed by atoms with E-state index in [1.807, 2.05) is 12.3 Å². The van der Waals surface area contributed by atoms with Crippen molar-refractivity contribution in [3.8, 4) is 0 Å². The summed E-state index contributed by atoms with van der Waals surface area (Å²) in [7, 11) is 2.26. The van der Waals surface area contributed by atoms with Gasteiger partial charge in [-0.15, -0.1) is 0 Å². The Bertz CT molecular complexity index is 378. The minimum atomic E-state index is 0.456. The van der Waals surface area contributed by atoms with Crippen LogP contribution in [0, 0.1) is 0 Å². The highest BCUT2D eigenvalue weighted by atomic mass is 15.3. The van der Waals surface area contributed by atoms with E-state index in [0.717, 1.165) is 12.1 Å². The molecule has 1 aromatic rings. The highest BCUT2D eigenvalue weighted by Crippen LogP contribution is 2.33. The van der Waals surface area contributed by atoms with Crippen molar-refractivity contribution in [3.05, 3.63) is 30.1 Å². The Hall–Kier alpha value is -0.930. The molecule has 3 atom stereocenters. The smallest absolute Gasteiger partial charge is 0.0572 e. The van der Waals surface area contributed by atoms with Gasteiger partial charge >= 0.3 is 0 Å². The van der Waals surface area contributed by atoms with Crippen LogP contribution < -0.4 is 0 Å². The molecule has 3 saturated heterocycles. The Labute approximate surface area is 103 Å². The average Bonchev–Trinajstić information content (AvgIpc) is 2.39. The molecule has 0 radical (unpaired) electrons. The third kappa shape index (κ3) is 1.98. The molecular weight excluding hydrogens is 210 g/mol. The van der Waals surface area contributed by atoms with Crippen molar-refractivity contribution in [1.82, 2.24) is 14.8 Å². The summed E-state index contributed by atoms with van der Waals surface area (Å²) in [6, 6.07) is 8.17. The SMILES string of the molecule is C[C@H](c1ccccn1)N1CC2CCC1CN2C. The van der Waals surface area contributed by atoms with Gasteiger partial charge in [-0.25, -0.2) is 0 Å². The number of nitrogens with zero attached hydrogens (tertiary/aromatic N) is 3. The highest BCUT2D eigenvalue weighted by molar-refractivity contribution is 5.10. The second-order valence-corrected chi connectivity index (χ2v) is 5.45. The first-order chi connectivity index (χ1) is 8.25. The van der Waals surface area contributed by atoms with Gasteiger partial charge in [0.1, 0.15) is 0 Å². The van der Waals surface area contributed by atoms with E-state index in [0.29, 0.717) is 6.04 Å². The Morgan fingerprint density at radius 2 is 2.06 bits per heavy atom. The van der Waals surface area contributed by atoms with E-state index in [9.17, 15) is 0 Å². The van der Waals surface area contributed by atoms with Gasteiger partial charge in [-0.1, -0.05) is 6.07 Å². The van der Waals surface area contributed by atoms with Gasteiger partial charge < -0.3 is 4.90 Å². The molecule has 1 aromatic heterocycles. The van der Waals surface area contributed by atoms with E-state index in [4.69, 9.17) is 0 Å². The lowest BCUT2D eigenvalue weighted by atomic mass is 9.89. The number of pyridine rings is 1. The lowest BCUT2D eigenvalue weighted by Gasteiger charge is -2.52. The predicted molar refractivity (Wildman–Crippen MR) is 68.8 cm³/mol. The summed E-state index contributed by atoms with van der Waals surface area (Å²) in [4.78, 5) is 9.67. The molecule has 0 amide bonds. The van der Waals surface area contributed by atoms with Crippen molar-refractivity contribution in [3.63, 3.8) is 0 Å². The van der Waals surface area contributed by atoms with Gasteiger partial charge in [0.25, 0.3) is 0 Å². The normalized spacial score (nSPS) is 31.6. The molecule has 3 nitrogen and oxygen atoms in total. The lowest BCUT2D eigenvalue weighted by molar-refractivity contribution is -0.0287. The number of piperazine rings is 1. The maximum absolute atomic E-state index is 4.50. The molecule has 2 unspecified atom stereocenters. The topological polar surface area (TPSA) is 19.4 Å². The number of fused-ring (bicyclic) bond motifs is 3. The van der Waals surface area contributed by atoms with Crippen LogP contribution in [0.4, 0.5) is 0 Å². The van der Waals surface area contributed by atoms with E-state index < -0.39 is 0 Å². The first-order valence-electron chi connectivity index (χ1n) is 6.62. The van der Waals surface area contributed by atoms with Gasteiger partial charge in [0.15, 0.2) is 0 Å². The third-order valence-electron chi connectivity index (χ3n) is 4.46. The predicted octanol–water partition coefficient (Wildman–Crippen LogP) is 1.92. The van der Waals surface area contributed by atoms with Crippen LogP contribution in [0.1, 0.15) is 31.5 Å². The molecule has 3 heteroatoms. The van der Waals surface area contributed by atoms with Gasteiger partial charge in [0.2, 0.25) is 0 Å². The van der Waals surface area contributed by atoms with E-state index >= 15 is 0 Å². The first-order valence-corrected chi connectivity index (χ1v) is 6.62. The van der Waals surface area contributed by atoms with Crippen LogP contribution in [0.2, 0.25) is 0 Å². The number of aromatic nitrogens is 1. The second-order valence-electron chi connectivity index (χ2n) is 5.45. The Morgan fingerprint density at radius 1 is 1.24 bits per heavy atom. The van der Waals surface area contributed by atoms with E-state index in [1.54, 1.807) is 0 Å². The van der Waals surface area contributed by atoms with Crippen LogP contribution in [0.5, 0.6) is 0 Å². The summed E-state index contributed by atoms with van der Waals surface area (Å²) in [5.74, 6) is 0. The Balaban J connectivity index is 1.78. The average molecular weight is 231 g/mol. The fourth-order valence-corrected chi connectivity index (χ4v) is 3.34. The van der Waals surface area contributed by atoms with Crippen LogP contribution >= 0.6 is 0 Å². The van der Waals surface area contributed by atoms with Gasteiger partial charge in [0, 0.05) is 37.4 Å². The number of piperidine rings is 2. The van der Waals surface area contributed by atoms with Crippen molar-refractivity contribution in [2.45, 2.75) is 37.9 Å². The minimum Gasteiger partial charge on any atom is -0.301 e. The highest BCUT2D eigenvalue weighted by Gasteiger charge is 2.39. The van der Waals surface area contributed by atoms with Crippen molar-refractivity contribution < 1.29 is 0 Å². The molecule has 17 heavy (non-hydrogen) atoms. The molecule has 0 aromatic carbocycles. The van der Waals surface area contributed by atoms with Gasteiger partial charge in [0.05, 0.1) is 5.69 Å². The lowest BCUT2D eigenvalue weighted by Crippen LogP contribution is -2.61. The molecule has 0 N–H and O–H groups in total. The van der Waals surface area contributed by atoms with Crippen LogP contribution in [0.3, 0.4) is 0 Å². The van der Waals surface area contributed by atoms with E-state index in [2.05, 4.69) is 40.9 Å². The number of rotatable bonds is 2. The summed E-state index contributed by atoms with van der Waals surface area (Å²) in [5.41, 5.74) is 1.21. The zero-order chi connectivity index (χ0) is 11.8.